The van der Waals surface area contributed by atoms with Gasteiger partial charge < -0.3 is 20.1 Å². The highest BCUT2D eigenvalue weighted by molar-refractivity contribution is 5.80. The molecule has 1 saturated heterocycles. The van der Waals surface area contributed by atoms with Gasteiger partial charge in [0, 0.05) is 12.1 Å². The standard InChI is InChI=1S/C23H28N6O4/c1-14(2)26-19(30)13-29-22(18-5-4-6-20(27-18)32-3)28-21-17(23(29)31)11-16(12-25-21)33-15-7-9-24-10-8-15/h4-6,11-12,14-15,24H,7-10,13H2,1-3H3,(H,26,30). The zero-order valence-electron chi connectivity index (χ0n) is 19.0. The Kier molecular flexibility index (Phi) is 6.83. The van der Waals surface area contributed by atoms with Crippen molar-refractivity contribution in [2.24, 2.45) is 0 Å². The summed E-state index contributed by atoms with van der Waals surface area (Å²) in [7, 11) is 1.51. The molecule has 10 nitrogen and oxygen atoms in total. The van der Waals surface area contributed by atoms with Crippen molar-refractivity contribution in [1.29, 1.82) is 0 Å². The fourth-order valence-corrected chi connectivity index (χ4v) is 3.76. The average molecular weight is 453 g/mol. The van der Waals surface area contributed by atoms with Crippen LogP contribution < -0.4 is 25.7 Å². The summed E-state index contributed by atoms with van der Waals surface area (Å²) >= 11 is 0. The van der Waals surface area contributed by atoms with Gasteiger partial charge in [-0.1, -0.05) is 6.07 Å². The zero-order valence-corrected chi connectivity index (χ0v) is 19.0. The molecule has 0 bridgehead atoms. The van der Waals surface area contributed by atoms with E-state index in [0.717, 1.165) is 25.9 Å². The van der Waals surface area contributed by atoms with E-state index in [9.17, 15) is 9.59 Å². The van der Waals surface area contributed by atoms with Gasteiger partial charge in [0.2, 0.25) is 11.8 Å². The van der Waals surface area contributed by atoms with E-state index < -0.39 is 0 Å². The SMILES string of the molecule is COc1cccc(-c2nc3ncc(OC4CCNCC4)cc3c(=O)n2CC(=O)NC(C)C)n1. The number of amides is 1. The number of ether oxygens (including phenoxy) is 2. The third kappa shape index (κ3) is 5.28. The first-order valence-corrected chi connectivity index (χ1v) is 11.0. The van der Waals surface area contributed by atoms with Gasteiger partial charge in [0.05, 0.1) is 18.7 Å². The fraction of sp³-hybridized carbons (Fsp3) is 0.435. The van der Waals surface area contributed by atoms with Gasteiger partial charge in [-0.05, 0) is 51.9 Å². The van der Waals surface area contributed by atoms with Crippen molar-refractivity contribution in [3.63, 3.8) is 0 Å². The first-order valence-electron chi connectivity index (χ1n) is 11.0. The number of pyridine rings is 2. The molecule has 33 heavy (non-hydrogen) atoms. The average Bonchev–Trinajstić information content (AvgIpc) is 2.81. The molecule has 4 rings (SSSR count). The molecule has 1 amide bonds. The molecule has 2 N–H and O–H groups in total. The normalized spacial score (nSPS) is 14.4. The molecule has 0 radical (unpaired) electrons. The Bertz CT molecular complexity index is 1200. The van der Waals surface area contributed by atoms with Crippen LogP contribution in [-0.4, -0.2) is 57.8 Å². The molecule has 1 fully saturated rings. The third-order valence-electron chi connectivity index (χ3n) is 5.29. The predicted octanol–water partition coefficient (Wildman–Crippen LogP) is 1.52. The first kappa shape index (κ1) is 22.7. The molecule has 0 saturated carbocycles. The maximum Gasteiger partial charge on any atom is 0.263 e. The van der Waals surface area contributed by atoms with Crippen LogP contribution in [0.25, 0.3) is 22.6 Å². The maximum absolute atomic E-state index is 13.5. The molecule has 1 aliphatic heterocycles. The summed E-state index contributed by atoms with van der Waals surface area (Å²) in [6.07, 6.45) is 3.42. The lowest BCUT2D eigenvalue weighted by Crippen LogP contribution is -2.37. The minimum atomic E-state index is -0.387. The molecule has 10 heteroatoms. The Labute approximate surface area is 191 Å². The van der Waals surface area contributed by atoms with E-state index in [1.54, 1.807) is 30.5 Å². The molecule has 4 heterocycles. The summed E-state index contributed by atoms with van der Waals surface area (Å²) in [5.74, 6) is 0.828. The van der Waals surface area contributed by atoms with Gasteiger partial charge in [-0.25, -0.2) is 15.0 Å². The summed E-state index contributed by atoms with van der Waals surface area (Å²) in [6, 6.07) is 6.74. The summed E-state index contributed by atoms with van der Waals surface area (Å²) in [4.78, 5) is 39.4. The minimum absolute atomic E-state index is 0.0633. The lowest BCUT2D eigenvalue weighted by Gasteiger charge is -2.23. The van der Waals surface area contributed by atoms with Crippen molar-refractivity contribution >= 4 is 16.9 Å². The van der Waals surface area contributed by atoms with Crippen molar-refractivity contribution in [3.05, 3.63) is 40.8 Å². The van der Waals surface area contributed by atoms with Gasteiger partial charge in [0.15, 0.2) is 11.5 Å². The Hall–Kier alpha value is -3.53. The van der Waals surface area contributed by atoms with Crippen LogP contribution in [0.1, 0.15) is 26.7 Å². The van der Waals surface area contributed by atoms with Crippen LogP contribution >= 0.6 is 0 Å². The van der Waals surface area contributed by atoms with Gasteiger partial charge in [-0.3, -0.25) is 14.2 Å². The number of hydrogen-bond acceptors (Lipinski definition) is 8. The quantitative estimate of drug-likeness (QED) is 0.554. The van der Waals surface area contributed by atoms with Crippen molar-refractivity contribution in [2.75, 3.05) is 20.2 Å². The second-order valence-electron chi connectivity index (χ2n) is 8.22. The largest absolute Gasteiger partial charge is 0.489 e. The molecule has 0 aliphatic carbocycles. The Balaban J connectivity index is 1.79. The van der Waals surface area contributed by atoms with Crippen LogP contribution in [0.15, 0.2) is 35.3 Å². The zero-order chi connectivity index (χ0) is 23.4. The Morgan fingerprint density at radius 2 is 2.06 bits per heavy atom. The number of hydrogen-bond donors (Lipinski definition) is 2. The van der Waals surface area contributed by atoms with E-state index in [0.29, 0.717) is 17.3 Å². The molecule has 3 aromatic rings. The van der Waals surface area contributed by atoms with Crippen molar-refractivity contribution in [3.8, 4) is 23.1 Å². The number of aromatic nitrogens is 4. The van der Waals surface area contributed by atoms with Crippen LogP contribution in [0, 0.1) is 0 Å². The molecule has 0 unspecified atom stereocenters. The molecule has 0 atom stereocenters. The summed E-state index contributed by atoms with van der Waals surface area (Å²) in [6.45, 7) is 5.30. The lowest BCUT2D eigenvalue weighted by molar-refractivity contribution is -0.122. The molecule has 1 aliphatic rings. The number of piperidine rings is 1. The van der Waals surface area contributed by atoms with Gasteiger partial charge in [0.1, 0.15) is 24.1 Å². The van der Waals surface area contributed by atoms with Gasteiger partial charge >= 0.3 is 0 Å². The van der Waals surface area contributed by atoms with E-state index >= 15 is 0 Å². The summed E-state index contributed by atoms with van der Waals surface area (Å²) in [5.41, 5.74) is 0.280. The molecule has 3 aromatic heterocycles. The van der Waals surface area contributed by atoms with Crippen molar-refractivity contribution < 1.29 is 14.3 Å². The van der Waals surface area contributed by atoms with Crippen LogP contribution in [0.3, 0.4) is 0 Å². The summed E-state index contributed by atoms with van der Waals surface area (Å²) in [5, 5.41) is 6.39. The monoisotopic (exact) mass is 452 g/mol. The smallest absolute Gasteiger partial charge is 0.263 e. The van der Waals surface area contributed by atoms with E-state index in [1.807, 2.05) is 13.8 Å². The van der Waals surface area contributed by atoms with E-state index in [-0.39, 0.29) is 47.0 Å². The number of nitrogens with zero attached hydrogens (tertiary/aromatic N) is 4. The predicted molar refractivity (Wildman–Crippen MR) is 123 cm³/mol. The minimum Gasteiger partial charge on any atom is -0.489 e. The molecular weight excluding hydrogens is 424 g/mol. The third-order valence-corrected chi connectivity index (χ3v) is 5.29. The van der Waals surface area contributed by atoms with E-state index in [2.05, 4.69) is 25.6 Å². The van der Waals surface area contributed by atoms with E-state index in [4.69, 9.17) is 9.47 Å². The lowest BCUT2D eigenvalue weighted by atomic mass is 10.1. The van der Waals surface area contributed by atoms with Gasteiger partial charge in [0.25, 0.3) is 5.56 Å². The fourth-order valence-electron chi connectivity index (χ4n) is 3.76. The second kappa shape index (κ2) is 9.95. The Morgan fingerprint density at radius 1 is 1.27 bits per heavy atom. The van der Waals surface area contributed by atoms with E-state index in [1.165, 1.54) is 11.7 Å². The molecule has 174 valence electrons. The van der Waals surface area contributed by atoms with Crippen molar-refractivity contribution in [1.82, 2.24) is 30.2 Å². The topological polar surface area (TPSA) is 120 Å². The molecule has 0 aromatic carbocycles. The summed E-state index contributed by atoms with van der Waals surface area (Å²) < 4.78 is 12.6. The second-order valence-corrected chi connectivity index (χ2v) is 8.22. The number of nitrogens with one attached hydrogen (secondary N) is 2. The number of rotatable bonds is 7. The van der Waals surface area contributed by atoms with Gasteiger partial charge in [-0.2, -0.15) is 0 Å². The number of carbonyl (C=O) groups is 1. The van der Waals surface area contributed by atoms with Gasteiger partial charge in [-0.15, -0.1) is 0 Å². The maximum atomic E-state index is 13.5. The number of carbonyl (C=O) groups excluding carboxylic acids is 1. The highest BCUT2D eigenvalue weighted by atomic mass is 16.5. The molecule has 0 spiro atoms. The highest BCUT2D eigenvalue weighted by Gasteiger charge is 2.20. The van der Waals surface area contributed by atoms with Crippen LogP contribution in [0.4, 0.5) is 0 Å². The first-order chi connectivity index (χ1) is 15.9. The number of fused-ring (bicyclic) bond motifs is 1. The highest BCUT2D eigenvalue weighted by Crippen LogP contribution is 2.22. The Morgan fingerprint density at radius 3 is 2.79 bits per heavy atom. The van der Waals surface area contributed by atoms with Crippen LogP contribution in [-0.2, 0) is 11.3 Å². The molecular formula is C23H28N6O4. The van der Waals surface area contributed by atoms with Crippen molar-refractivity contribution in [2.45, 2.75) is 45.4 Å². The van der Waals surface area contributed by atoms with Crippen LogP contribution in [0.2, 0.25) is 0 Å². The number of methoxy groups -OCH3 is 1. The van der Waals surface area contributed by atoms with Crippen LogP contribution in [0.5, 0.6) is 11.6 Å².